The Morgan fingerprint density at radius 1 is 1.05 bits per heavy atom. The fourth-order valence-electron chi connectivity index (χ4n) is 2.07. The Hall–Kier alpha value is -1.35. The van der Waals surface area contributed by atoms with Crippen LogP contribution in [0.15, 0.2) is 53.0 Å². The van der Waals surface area contributed by atoms with Crippen LogP contribution in [-0.4, -0.2) is 0 Å². The molecule has 3 heteroatoms. The summed E-state index contributed by atoms with van der Waals surface area (Å²) in [6.45, 7) is 4.25. The summed E-state index contributed by atoms with van der Waals surface area (Å²) >= 11 is 3.37. The van der Waals surface area contributed by atoms with Gasteiger partial charge >= 0.3 is 0 Å². The van der Waals surface area contributed by atoms with Crippen LogP contribution in [0.5, 0.6) is 0 Å². The van der Waals surface area contributed by atoms with Gasteiger partial charge in [-0.1, -0.05) is 60.1 Å². The van der Waals surface area contributed by atoms with Crippen LogP contribution in [0.2, 0.25) is 0 Å². The fourth-order valence-corrected chi connectivity index (χ4v) is 2.43. The maximum atomic E-state index is 13.8. The van der Waals surface area contributed by atoms with E-state index >= 15 is 0 Å². The van der Waals surface area contributed by atoms with E-state index in [1.54, 1.807) is 12.1 Å². The summed E-state index contributed by atoms with van der Waals surface area (Å²) in [5.74, 6) is 0.130. The van der Waals surface area contributed by atoms with Gasteiger partial charge in [0, 0.05) is 4.47 Å². The summed E-state index contributed by atoms with van der Waals surface area (Å²) in [6.07, 6.45) is 0. The maximum absolute atomic E-state index is 13.8. The van der Waals surface area contributed by atoms with Gasteiger partial charge in [-0.2, -0.15) is 0 Å². The zero-order valence-electron chi connectivity index (χ0n) is 11.0. The minimum absolute atomic E-state index is 0.0880. The van der Waals surface area contributed by atoms with Crippen LogP contribution in [-0.2, 0) is 0 Å². The van der Waals surface area contributed by atoms with Gasteiger partial charge in [0.05, 0.1) is 11.7 Å². The Morgan fingerprint density at radius 3 is 2.37 bits per heavy atom. The van der Waals surface area contributed by atoms with Gasteiger partial charge in [0.15, 0.2) is 0 Å². The second-order valence-electron chi connectivity index (χ2n) is 4.90. The molecule has 0 aliphatic rings. The number of anilines is 1. The Kier molecular flexibility index (Phi) is 4.59. The SMILES string of the molecule is CC(C)C(Nc1cc(Br)ccc1F)c1ccccc1. The molecule has 0 saturated heterocycles. The predicted molar refractivity (Wildman–Crippen MR) is 81.7 cm³/mol. The smallest absolute Gasteiger partial charge is 0.146 e. The van der Waals surface area contributed by atoms with Crippen LogP contribution in [0.25, 0.3) is 0 Å². The molecule has 1 nitrogen and oxygen atoms in total. The van der Waals surface area contributed by atoms with Crippen molar-refractivity contribution in [3.63, 3.8) is 0 Å². The van der Waals surface area contributed by atoms with Crippen molar-refractivity contribution in [1.82, 2.24) is 0 Å². The molecule has 0 aliphatic heterocycles. The van der Waals surface area contributed by atoms with Crippen molar-refractivity contribution in [2.24, 2.45) is 5.92 Å². The van der Waals surface area contributed by atoms with Crippen molar-refractivity contribution >= 4 is 21.6 Å². The first-order chi connectivity index (χ1) is 9.08. The normalized spacial score (nSPS) is 12.5. The minimum atomic E-state index is -0.232. The van der Waals surface area contributed by atoms with E-state index in [2.05, 4.69) is 47.2 Å². The van der Waals surface area contributed by atoms with Crippen LogP contribution < -0.4 is 5.32 Å². The molecule has 0 amide bonds. The second kappa shape index (κ2) is 6.20. The molecule has 0 aliphatic carbocycles. The number of benzene rings is 2. The summed E-state index contributed by atoms with van der Waals surface area (Å²) < 4.78 is 14.7. The van der Waals surface area contributed by atoms with E-state index in [0.29, 0.717) is 11.6 Å². The highest BCUT2D eigenvalue weighted by molar-refractivity contribution is 9.10. The average Bonchev–Trinajstić information content (AvgIpc) is 2.40. The molecule has 0 aromatic heterocycles. The molecular formula is C16H17BrFN. The Balaban J connectivity index is 2.29. The Bertz CT molecular complexity index is 540. The third kappa shape index (κ3) is 3.57. The summed E-state index contributed by atoms with van der Waals surface area (Å²) in [5, 5.41) is 3.30. The fraction of sp³-hybridized carbons (Fsp3) is 0.250. The van der Waals surface area contributed by atoms with Gasteiger partial charge in [0.1, 0.15) is 5.82 Å². The van der Waals surface area contributed by atoms with Crippen molar-refractivity contribution in [1.29, 1.82) is 0 Å². The molecule has 1 N–H and O–H groups in total. The lowest BCUT2D eigenvalue weighted by atomic mass is 9.96. The molecule has 2 aromatic carbocycles. The van der Waals surface area contributed by atoms with Crippen molar-refractivity contribution < 1.29 is 4.39 Å². The second-order valence-corrected chi connectivity index (χ2v) is 5.82. The van der Waals surface area contributed by atoms with Crippen LogP contribution in [0.4, 0.5) is 10.1 Å². The van der Waals surface area contributed by atoms with E-state index in [1.807, 2.05) is 18.2 Å². The first-order valence-corrected chi connectivity index (χ1v) is 7.14. The monoisotopic (exact) mass is 321 g/mol. The molecule has 0 radical (unpaired) electrons. The Labute approximate surface area is 122 Å². The van der Waals surface area contributed by atoms with Gasteiger partial charge in [-0.15, -0.1) is 0 Å². The van der Waals surface area contributed by atoms with E-state index in [1.165, 1.54) is 6.07 Å². The zero-order valence-corrected chi connectivity index (χ0v) is 12.6. The Morgan fingerprint density at radius 2 is 1.74 bits per heavy atom. The topological polar surface area (TPSA) is 12.0 Å². The zero-order chi connectivity index (χ0) is 13.8. The van der Waals surface area contributed by atoms with Crippen LogP contribution in [0.1, 0.15) is 25.5 Å². The highest BCUT2D eigenvalue weighted by Crippen LogP contribution is 2.29. The van der Waals surface area contributed by atoms with E-state index in [9.17, 15) is 4.39 Å². The van der Waals surface area contributed by atoms with E-state index < -0.39 is 0 Å². The highest BCUT2D eigenvalue weighted by Gasteiger charge is 2.17. The molecule has 1 unspecified atom stereocenters. The average molecular weight is 322 g/mol. The predicted octanol–water partition coefficient (Wildman–Crippen LogP) is 5.40. The number of hydrogen-bond acceptors (Lipinski definition) is 1. The molecule has 19 heavy (non-hydrogen) atoms. The largest absolute Gasteiger partial charge is 0.376 e. The van der Waals surface area contributed by atoms with Gasteiger partial charge in [-0.25, -0.2) is 4.39 Å². The van der Waals surface area contributed by atoms with Gasteiger partial charge in [-0.05, 0) is 29.7 Å². The molecule has 100 valence electrons. The standard InChI is InChI=1S/C16H17BrFN/c1-11(2)16(12-6-4-3-5-7-12)19-15-10-13(17)8-9-14(15)18/h3-11,16,19H,1-2H3. The molecule has 0 saturated carbocycles. The van der Waals surface area contributed by atoms with Gasteiger partial charge in [-0.3, -0.25) is 0 Å². The lowest BCUT2D eigenvalue weighted by Gasteiger charge is -2.24. The van der Waals surface area contributed by atoms with Crippen LogP contribution in [0.3, 0.4) is 0 Å². The molecule has 1 atom stereocenters. The van der Waals surface area contributed by atoms with Gasteiger partial charge < -0.3 is 5.32 Å². The minimum Gasteiger partial charge on any atom is -0.376 e. The van der Waals surface area contributed by atoms with Crippen LogP contribution >= 0.6 is 15.9 Å². The van der Waals surface area contributed by atoms with E-state index in [4.69, 9.17) is 0 Å². The van der Waals surface area contributed by atoms with Crippen LogP contribution in [0, 0.1) is 11.7 Å². The van der Waals surface area contributed by atoms with Crippen molar-refractivity contribution in [2.75, 3.05) is 5.32 Å². The number of nitrogens with one attached hydrogen (secondary N) is 1. The van der Waals surface area contributed by atoms with Crippen molar-refractivity contribution in [2.45, 2.75) is 19.9 Å². The molecule has 0 fully saturated rings. The van der Waals surface area contributed by atoms with E-state index in [0.717, 1.165) is 10.0 Å². The lowest BCUT2D eigenvalue weighted by Crippen LogP contribution is -2.17. The summed E-state index contributed by atoms with van der Waals surface area (Å²) in [7, 11) is 0. The lowest BCUT2D eigenvalue weighted by molar-refractivity contribution is 0.539. The first kappa shape index (κ1) is 14.1. The van der Waals surface area contributed by atoms with Crippen molar-refractivity contribution in [3.05, 3.63) is 64.4 Å². The quantitative estimate of drug-likeness (QED) is 0.795. The number of rotatable bonds is 4. The highest BCUT2D eigenvalue weighted by atomic mass is 79.9. The molecule has 2 aromatic rings. The third-order valence-electron chi connectivity index (χ3n) is 3.06. The molecule has 0 spiro atoms. The maximum Gasteiger partial charge on any atom is 0.146 e. The molecule has 2 rings (SSSR count). The molecule has 0 heterocycles. The third-order valence-corrected chi connectivity index (χ3v) is 3.56. The number of halogens is 2. The number of hydrogen-bond donors (Lipinski definition) is 1. The first-order valence-electron chi connectivity index (χ1n) is 6.34. The van der Waals surface area contributed by atoms with Gasteiger partial charge in [0.25, 0.3) is 0 Å². The van der Waals surface area contributed by atoms with E-state index in [-0.39, 0.29) is 11.9 Å². The van der Waals surface area contributed by atoms with Crippen molar-refractivity contribution in [3.8, 4) is 0 Å². The summed E-state index contributed by atoms with van der Waals surface area (Å²) in [4.78, 5) is 0. The summed E-state index contributed by atoms with van der Waals surface area (Å²) in [6, 6.07) is 15.1. The van der Waals surface area contributed by atoms with Gasteiger partial charge in [0.2, 0.25) is 0 Å². The molecular weight excluding hydrogens is 305 g/mol. The molecule has 0 bridgehead atoms. The summed E-state index contributed by atoms with van der Waals surface area (Å²) in [5.41, 5.74) is 1.69.